The minimum atomic E-state index is -0.00987. The largest absolute Gasteiger partial charge is 0.355 e. The van der Waals surface area contributed by atoms with Gasteiger partial charge in [-0.15, -0.1) is 5.10 Å². The molecule has 30 heavy (non-hydrogen) atoms. The van der Waals surface area contributed by atoms with Crippen molar-refractivity contribution in [1.29, 1.82) is 0 Å². The first-order valence-electron chi connectivity index (χ1n) is 10.4. The molecule has 0 N–H and O–H groups in total. The van der Waals surface area contributed by atoms with Crippen LogP contribution in [0.5, 0.6) is 0 Å². The summed E-state index contributed by atoms with van der Waals surface area (Å²) in [7, 11) is 0. The molecule has 0 amide bonds. The fourth-order valence-electron chi connectivity index (χ4n) is 4.14. The third-order valence-corrected chi connectivity index (χ3v) is 6.93. The lowest BCUT2D eigenvalue weighted by molar-refractivity contribution is 0.350. The van der Waals surface area contributed by atoms with E-state index >= 15 is 0 Å². The zero-order chi connectivity index (χ0) is 20.3. The minimum absolute atomic E-state index is 0.00987. The van der Waals surface area contributed by atoms with Crippen LogP contribution in [0.2, 0.25) is 0 Å². The van der Waals surface area contributed by atoms with Crippen LogP contribution in [0.25, 0.3) is 11.3 Å². The van der Waals surface area contributed by atoms with Crippen molar-refractivity contribution in [2.75, 3.05) is 23.7 Å². The Morgan fingerprint density at radius 2 is 2.07 bits per heavy atom. The third-order valence-electron chi connectivity index (χ3n) is 5.92. The van der Waals surface area contributed by atoms with E-state index in [2.05, 4.69) is 31.1 Å². The van der Waals surface area contributed by atoms with E-state index in [1.165, 1.54) is 5.56 Å². The Labute approximate surface area is 179 Å². The molecule has 3 aromatic rings. The molecule has 8 heteroatoms. The van der Waals surface area contributed by atoms with Crippen LogP contribution >= 0.6 is 11.8 Å². The Balaban J connectivity index is 1.22. The number of aromatic nitrogens is 5. The van der Waals surface area contributed by atoms with Crippen molar-refractivity contribution in [3.8, 4) is 11.3 Å². The maximum absolute atomic E-state index is 12.6. The average Bonchev–Trinajstić information content (AvgIpc) is 2.81. The molecule has 5 rings (SSSR count). The lowest BCUT2D eigenvalue weighted by Crippen LogP contribution is -2.37. The van der Waals surface area contributed by atoms with E-state index in [9.17, 15) is 4.79 Å². The van der Waals surface area contributed by atoms with Crippen LogP contribution in [-0.2, 0) is 18.7 Å². The minimum Gasteiger partial charge on any atom is -0.355 e. The number of anilines is 1. The zero-order valence-electron chi connectivity index (χ0n) is 16.8. The van der Waals surface area contributed by atoms with Crippen molar-refractivity contribution >= 4 is 17.6 Å². The summed E-state index contributed by atoms with van der Waals surface area (Å²) in [6, 6.07) is 7.59. The van der Waals surface area contributed by atoms with Gasteiger partial charge in [0.15, 0.2) is 5.82 Å². The molecule has 1 fully saturated rings. The van der Waals surface area contributed by atoms with Gasteiger partial charge < -0.3 is 4.90 Å². The summed E-state index contributed by atoms with van der Waals surface area (Å²) in [6.45, 7) is 2.60. The van der Waals surface area contributed by atoms with Gasteiger partial charge in [0.25, 0.3) is 5.56 Å². The molecular weight excluding hydrogens is 396 g/mol. The van der Waals surface area contributed by atoms with Crippen molar-refractivity contribution in [2.45, 2.75) is 31.6 Å². The van der Waals surface area contributed by atoms with E-state index < -0.39 is 0 Å². The number of fused-ring (bicyclic) bond motifs is 1. The smallest absolute Gasteiger partial charge is 0.253 e. The Bertz CT molecular complexity index is 1080. The second-order valence-electron chi connectivity index (χ2n) is 7.91. The quantitative estimate of drug-likeness (QED) is 0.642. The summed E-state index contributed by atoms with van der Waals surface area (Å²) in [6.07, 6.45) is 8.20. The van der Waals surface area contributed by atoms with E-state index in [0.717, 1.165) is 60.9 Å². The van der Waals surface area contributed by atoms with Gasteiger partial charge in [-0.2, -0.15) is 16.9 Å². The highest BCUT2D eigenvalue weighted by Crippen LogP contribution is 2.27. The Morgan fingerprint density at radius 1 is 1.17 bits per heavy atom. The molecule has 0 spiro atoms. The number of aryl methyl sites for hydroxylation is 1. The molecule has 0 aliphatic carbocycles. The van der Waals surface area contributed by atoms with E-state index in [1.54, 1.807) is 29.4 Å². The van der Waals surface area contributed by atoms with E-state index in [4.69, 9.17) is 0 Å². The molecule has 0 saturated carbocycles. The summed E-state index contributed by atoms with van der Waals surface area (Å²) in [5, 5.41) is 8.94. The van der Waals surface area contributed by atoms with E-state index in [0.29, 0.717) is 18.2 Å². The summed E-state index contributed by atoms with van der Waals surface area (Å²) >= 11 is 1.97. The molecule has 0 radical (unpaired) electrons. The maximum Gasteiger partial charge on any atom is 0.253 e. The van der Waals surface area contributed by atoms with Gasteiger partial charge >= 0.3 is 0 Å². The summed E-state index contributed by atoms with van der Waals surface area (Å²) in [5.74, 6) is 3.64. The summed E-state index contributed by atoms with van der Waals surface area (Å²) in [4.78, 5) is 23.5. The Morgan fingerprint density at radius 3 is 2.87 bits per heavy atom. The normalized spacial score (nSPS) is 17.0. The van der Waals surface area contributed by atoms with Crippen LogP contribution in [0, 0.1) is 5.92 Å². The SMILES string of the molecule is O=c1cc(-c2cccnc2)ncn1CC1CCN(c2cc3c(nn2)CCSC3)CC1. The molecular formula is C22H24N6OS. The summed E-state index contributed by atoms with van der Waals surface area (Å²) < 4.78 is 1.73. The first-order valence-corrected chi connectivity index (χ1v) is 11.6. The predicted molar refractivity (Wildman–Crippen MR) is 119 cm³/mol. The molecule has 0 atom stereocenters. The molecule has 0 unspecified atom stereocenters. The first-order chi connectivity index (χ1) is 14.8. The average molecular weight is 421 g/mol. The zero-order valence-corrected chi connectivity index (χ0v) is 17.6. The van der Waals surface area contributed by atoms with Crippen LogP contribution in [0.15, 0.2) is 47.8 Å². The standard InChI is InChI=1S/C22H24N6OS/c29-22-11-20(17-2-1-6-23-12-17)24-15-28(22)13-16-3-7-27(8-4-16)21-10-18-14-30-9-5-19(18)25-26-21/h1-2,6,10-12,15-16H,3-5,7-9,13-14H2. The van der Waals surface area contributed by atoms with Gasteiger partial charge in [-0.05, 0) is 48.3 Å². The molecule has 5 heterocycles. The molecule has 0 bridgehead atoms. The number of pyridine rings is 1. The number of nitrogens with zero attached hydrogens (tertiary/aromatic N) is 6. The van der Waals surface area contributed by atoms with Crippen molar-refractivity contribution < 1.29 is 0 Å². The maximum atomic E-state index is 12.6. The third kappa shape index (κ3) is 4.09. The predicted octanol–water partition coefficient (Wildman–Crippen LogP) is 2.80. The number of hydrogen-bond acceptors (Lipinski definition) is 7. The second-order valence-corrected chi connectivity index (χ2v) is 9.02. The van der Waals surface area contributed by atoms with Gasteiger partial charge in [-0.1, -0.05) is 0 Å². The Hall–Kier alpha value is -2.74. The van der Waals surface area contributed by atoms with Crippen molar-refractivity contribution in [3.63, 3.8) is 0 Å². The van der Waals surface area contributed by atoms with E-state index in [-0.39, 0.29) is 5.56 Å². The molecule has 0 aromatic carbocycles. The fourth-order valence-corrected chi connectivity index (χ4v) is 5.09. The van der Waals surface area contributed by atoms with Crippen LogP contribution < -0.4 is 10.5 Å². The van der Waals surface area contributed by atoms with Crippen molar-refractivity contribution in [1.82, 2.24) is 24.7 Å². The van der Waals surface area contributed by atoms with Gasteiger partial charge in [-0.3, -0.25) is 14.3 Å². The van der Waals surface area contributed by atoms with Gasteiger partial charge in [0, 0.05) is 55.8 Å². The fraction of sp³-hybridized carbons (Fsp3) is 0.409. The molecule has 2 aliphatic rings. The van der Waals surface area contributed by atoms with E-state index in [1.807, 2.05) is 23.9 Å². The van der Waals surface area contributed by atoms with Crippen LogP contribution in [0.1, 0.15) is 24.1 Å². The van der Waals surface area contributed by atoms with Crippen LogP contribution in [-0.4, -0.2) is 43.6 Å². The highest BCUT2D eigenvalue weighted by atomic mass is 32.2. The topological polar surface area (TPSA) is 76.8 Å². The van der Waals surface area contributed by atoms with Crippen molar-refractivity contribution in [3.05, 3.63) is 64.6 Å². The van der Waals surface area contributed by atoms with Gasteiger partial charge in [0.2, 0.25) is 0 Å². The number of thioether (sulfide) groups is 1. The van der Waals surface area contributed by atoms with Gasteiger partial charge in [-0.25, -0.2) is 4.98 Å². The van der Waals surface area contributed by atoms with Gasteiger partial charge in [0.1, 0.15) is 0 Å². The highest BCUT2D eigenvalue weighted by Gasteiger charge is 2.22. The van der Waals surface area contributed by atoms with Crippen LogP contribution in [0.4, 0.5) is 5.82 Å². The van der Waals surface area contributed by atoms with Crippen molar-refractivity contribution in [2.24, 2.45) is 5.92 Å². The number of hydrogen-bond donors (Lipinski definition) is 0. The second kappa shape index (κ2) is 8.55. The Kier molecular flexibility index (Phi) is 5.48. The molecule has 2 aliphatic heterocycles. The number of rotatable bonds is 4. The molecule has 3 aromatic heterocycles. The molecule has 1 saturated heterocycles. The molecule has 7 nitrogen and oxygen atoms in total. The van der Waals surface area contributed by atoms with Crippen LogP contribution in [0.3, 0.4) is 0 Å². The number of piperidine rings is 1. The lowest BCUT2D eigenvalue weighted by atomic mass is 9.96. The first kappa shape index (κ1) is 19.2. The lowest BCUT2D eigenvalue weighted by Gasteiger charge is -2.33. The van der Waals surface area contributed by atoms with Gasteiger partial charge in [0.05, 0.1) is 17.7 Å². The highest BCUT2D eigenvalue weighted by molar-refractivity contribution is 7.98. The summed E-state index contributed by atoms with van der Waals surface area (Å²) in [5.41, 5.74) is 4.02. The molecule has 154 valence electrons. The monoisotopic (exact) mass is 420 g/mol.